The Morgan fingerprint density at radius 3 is 0.804 bits per heavy atom. The molecule has 0 unspecified atom stereocenters. The van der Waals surface area contributed by atoms with Crippen LogP contribution >= 0.6 is 0 Å². The van der Waals surface area contributed by atoms with Gasteiger partial charge in [0.25, 0.3) is 0 Å². The first kappa shape index (κ1) is 59.4. The van der Waals surface area contributed by atoms with Gasteiger partial charge in [0.15, 0.2) is 0 Å². The summed E-state index contributed by atoms with van der Waals surface area (Å²) in [4.78, 5) is 21.0. The Bertz CT molecular complexity index is 647. The second-order valence-corrected chi connectivity index (χ2v) is 17.1. The molecular weight excluding hydrogens is 689 g/mol. The first-order valence-corrected chi connectivity index (χ1v) is 25.6. The van der Waals surface area contributed by atoms with Crippen LogP contribution in [0.25, 0.3) is 0 Å². The van der Waals surface area contributed by atoms with E-state index in [4.69, 9.17) is 4.74 Å². The number of ether oxygens (including phenoxy) is 2. The highest BCUT2D eigenvalue weighted by Gasteiger charge is 2.00. The Morgan fingerprint density at radius 1 is 0.339 bits per heavy atom. The van der Waals surface area contributed by atoms with Crippen molar-refractivity contribution in [2.24, 2.45) is 0 Å². The third-order valence-electron chi connectivity index (χ3n) is 11.3. The fourth-order valence-corrected chi connectivity index (χ4v) is 7.43. The fraction of sp³-hybridized carbons (Fsp3) is 0.962. The Kier molecular flexibility index (Phi) is 64.5. The number of rotatable bonds is 45. The molecule has 0 heterocycles. The molecule has 0 saturated heterocycles. The van der Waals surface area contributed by atoms with Gasteiger partial charge < -0.3 is 14.3 Å². The average Bonchev–Trinajstić information content (AvgIpc) is 3.21. The van der Waals surface area contributed by atoms with Gasteiger partial charge >= 0.3 is 5.97 Å². The van der Waals surface area contributed by atoms with Crippen molar-refractivity contribution in [1.82, 2.24) is 0 Å². The predicted octanol–water partition coefficient (Wildman–Crippen LogP) is 18.2. The Balaban J connectivity index is -0.000000764. The maximum absolute atomic E-state index is 10.9. The van der Waals surface area contributed by atoms with E-state index in [-0.39, 0.29) is 5.97 Å². The highest BCUT2D eigenvalue weighted by atomic mass is 16.5. The van der Waals surface area contributed by atoms with Crippen molar-refractivity contribution >= 4 is 12.3 Å². The molecule has 0 radical (unpaired) electrons. The summed E-state index contributed by atoms with van der Waals surface area (Å²) >= 11 is 0. The van der Waals surface area contributed by atoms with Crippen LogP contribution in [-0.4, -0.2) is 33.1 Å². The van der Waals surface area contributed by atoms with E-state index in [0.717, 1.165) is 32.2 Å². The zero-order chi connectivity index (χ0) is 41.5. The van der Waals surface area contributed by atoms with Crippen molar-refractivity contribution in [3.05, 3.63) is 0 Å². The molecule has 0 rings (SSSR count). The van der Waals surface area contributed by atoms with Crippen LogP contribution in [-0.2, 0) is 19.1 Å². The summed E-state index contributed by atoms with van der Waals surface area (Å²) in [6, 6.07) is 0. The van der Waals surface area contributed by atoms with Crippen LogP contribution < -0.4 is 0 Å². The molecule has 0 spiro atoms. The molecule has 0 aliphatic carbocycles. The number of hydrogen-bond acceptors (Lipinski definition) is 4. The van der Waals surface area contributed by atoms with E-state index in [1.165, 1.54) is 264 Å². The summed E-state index contributed by atoms with van der Waals surface area (Å²) in [5.74, 6) is -0.0651. The maximum atomic E-state index is 10.9. The van der Waals surface area contributed by atoms with E-state index in [0.29, 0.717) is 6.42 Å². The van der Waals surface area contributed by atoms with E-state index in [9.17, 15) is 9.59 Å². The number of methoxy groups -OCH3 is 2. The second-order valence-electron chi connectivity index (χ2n) is 17.1. The molecule has 0 aromatic carbocycles. The lowest BCUT2D eigenvalue weighted by molar-refractivity contribution is -0.140. The predicted molar refractivity (Wildman–Crippen MR) is 250 cm³/mol. The molecule has 0 N–H and O–H groups in total. The molecule has 0 fully saturated rings. The number of hydrogen-bond donors (Lipinski definition) is 0. The number of esters is 1. The van der Waals surface area contributed by atoms with Crippen LogP contribution in [0.3, 0.4) is 0 Å². The van der Waals surface area contributed by atoms with E-state index in [2.05, 4.69) is 25.5 Å². The molecule has 0 aliphatic heterocycles. The number of carbonyl (C=O) groups excluding carboxylic acids is 2. The molecule has 4 heteroatoms. The average molecular weight is 795 g/mol. The lowest BCUT2D eigenvalue weighted by Gasteiger charge is -2.03. The maximum Gasteiger partial charge on any atom is 0.305 e. The zero-order valence-corrected chi connectivity index (χ0v) is 39.5. The molecule has 4 nitrogen and oxygen atoms in total. The third kappa shape index (κ3) is 65.0. The van der Waals surface area contributed by atoms with Gasteiger partial charge in [-0.1, -0.05) is 271 Å². The van der Waals surface area contributed by atoms with Gasteiger partial charge in [0.05, 0.1) is 7.11 Å². The van der Waals surface area contributed by atoms with Crippen LogP contribution in [0.15, 0.2) is 0 Å². The SMILES string of the molecule is CCCCCCCCCCCCCC=O.CCCCCCCCCCCCCCCCCC(=O)OC.CCCCCCCCCCCCCCCCCCOC. The summed E-state index contributed by atoms with van der Waals surface area (Å²) < 4.78 is 9.69. The van der Waals surface area contributed by atoms with Gasteiger partial charge in [-0.3, -0.25) is 4.79 Å². The van der Waals surface area contributed by atoms with Crippen molar-refractivity contribution in [2.45, 2.75) is 303 Å². The van der Waals surface area contributed by atoms with Gasteiger partial charge in [-0.2, -0.15) is 0 Å². The summed E-state index contributed by atoms with van der Waals surface area (Å²) in [7, 11) is 3.26. The molecule has 338 valence electrons. The quantitative estimate of drug-likeness (QED) is 0.0350. The molecule has 0 aromatic heterocycles. The smallest absolute Gasteiger partial charge is 0.305 e. The largest absolute Gasteiger partial charge is 0.469 e. The molecule has 0 aromatic rings. The van der Waals surface area contributed by atoms with Gasteiger partial charge in [0, 0.05) is 26.6 Å². The molecular formula is C52H106O4. The molecule has 0 atom stereocenters. The lowest BCUT2D eigenvalue weighted by Crippen LogP contribution is -1.99. The van der Waals surface area contributed by atoms with Gasteiger partial charge in [0.2, 0.25) is 0 Å². The Morgan fingerprint density at radius 2 is 0.571 bits per heavy atom. The fourth-order valence-electron chi connectivity index (χ4n) is 7.43. The highest BCUT2D eigenvalue weighted by Crippen LogP contribution is 2.16. The van der Waals surface area contributed by atoms with E-state index in [1.807, 2.05) is 0 Å². The van der Waals surface area contributed by atoms with Crippen LogP contribution in [0.1, 0.15) is 303 Å². The van der Waals surface area contributed by atoms with Crippen molar-refractivity contribution < 1.29 is 19.1 Å². The van der Waals surface area contributed by atoms with Crippen LogP contribution in [0.2, 0.25) is 0 Å². The van der Waals surface area contributed by atoms with Gasteiger partial charge in [-0.15, -0.1) is 0 Å². The van der Waals surface area contributed by atoms with Gasteiger partial charge in [-0.05, 0) is 19.3 Å². The van der Waals surface area contributed by atoms with Crippen LogP contribution in [0, 0.1) is 0 Å². The summed E-state index contributed by atoms with van der Waals surface area (Å²) in [6.07, 6.45) is 60.5. The van der Waals surface area contributed by atoms with Gasteiger partial charge in [-0.25, -0.2) is 0 Å². The lowest BCUT2D eigenvalue weighted by atomic mass is 10.0. The first-order chi connectivity index (χ1) is 27.6. The molecule has 56 heavy (non-hydrogen) atoms. The normalized spacial score (nSPS) is 10.8. The minimum absolute atomic E-state index is 0.0651. The Labute approximate surface area is 354 Å². The minimum atomic E-state index is -0.0651. The van der Waals surface area contributed by atoms with E-state index < -0.39 is 0 Å². The molecule has 0 bridgehead atoms. The van der Waals surface area contributed by atoms with Gasteiger partial charge in [0.1, 0.15) is 6.29 Å². The minimum Gasteiger partial charge on any atom is -0.469 e. The molecule has 0 amide bonds. The van der Waals surface area contributed by atoms with Crippen LogP contribution in [0.5, 0.6) is 0 Å². The Hall–Kier alpha value is -0.900. The first-order valence-electron chi connectivity index (χ1n) is 25.6. The standard InChI is InChI=1S/C19H38O2.C19H40O.C14H28O/c1-3-4-5-6-7-8-9-10-11-12-13-14-15-16-17-18-19(20)21-2;1-3-4-5-6-7-8-9-10-11-12-13-14-15-16-17-18-19-20-2;1-2-3-4-5-6-7-8-9-10-11-12-13-14-15/h3-18H2,1-2H3;3-19H2,1-2H3;14H,2-13H2,1H3. The highest BCUT2D eigenvalue weighted by molar-refractivity contribution is 5.68. The number of unbranched alkanes of at least 4 members (excludes halogenated alkanes) is 40. The zero-order valence-electron chi connectivity index (χ0n) is 39.5. The van der Waals surface area contributed by atoms with Crippen molar-refractivity contribution in [3.63, 3.8) is 0 Å². The summed E-state index contributed by atoms with van der Waals surface area (Å²) in [6.45, 7) is 7.77. The van der Waals surface area contributed by atoms with Crippen LogP contribution in [0.4, 0.5) is 0 Å². The molecule has 0 aliphatic rings. The summed E-state index contributed by atoms with van der Waals surface area (Å²) in [5.41, 5.74) is 0. The number of aldehydes is 1. The van der Waals surface area contributed by atoms with Crippen molar-refractivity contribution in [3.8, 4) is 0 Å². The topological polar surface area (TPSA) is 52.6 Å². The molecule has 0 saturated carbocycles. The van der Waals surface area contributed by atoms with E-state index in [1.54, 1.807) is 7.11 Å². The van der Waals surface area contributed by atoms with Crippen molar-refractivity contribution in [2.75, 3.05) is 20.8 Å². The van der Waals surface area contributed by atoms with E-state index >= 15 is 0 Å². The number of carbonyl (C=O) groups is 2. The van der Waals surface area contributed by atoms with Crippen molar-refractivity contribution in [1.29, 1.82) is 0 Å². The second kappa shape index (κ2) is 60.8. The monoisotopic (exact) mass is 795 g/mol. The summed E-state index contributed by atoms with van der Waals surface area (Å²) in [5, 5.41) is 0. The third-order valence-corrected chi connectivity index (χ3v) is 11.3.